The molecule has 6 nitrogen and oxygen atoms in total. The highest BCUT2D eigenvalue weighted by molar-refractivity contribution is 5.77. The van der Waals surface area contributed by atoms with Gasteiger partial charge in [0.05, 0.1) is 25.2 Å². The maximum absolute atomic E-state index is 13.2. The highest BCUT2D eigenvalue weighted by atomic mass is 16.5. The van der Waals surface area contributed by atoms with E-state index in [0.29, 0.717) is 19.3 Å². The van der Waals surface area contributed by atoms with E-state index in [4.69, 9.17) is 4.74 Å². The Morgan fingerprint density at radius 2 is 0.879 bits per heavy atom. The van der Waals surface area contributed by atoms with E-state index in [1.54, 1.807) is 0 Å². The number of amides is 1. The first-order chi connectivity index (χ1) is 28.5. The van der Waals surface area contributed by atoms with E-state index in [1.807, 2.05) is 0 Å². The number of hydrogen-bond acceptors (Lipinski definition) is 5. The van der Waals surface area contributed by atoms with Gasteiger partial charge >= 0.3 is 5.97 Å². The van der Waals surface area contributed by atoms with Crippen molar-refractivity contribution >= 4 is 11.9 Å². The van der Waals surface area contributed by atoms with Crippen molar-refractivity contribution in [2.75, 3.05) is 6.61 Å². The number of esters is 1. The zero-order valence-electron chi connectivity index (χ0n) is 38.7. The molecule has 0 aromatic heterocycles. The van der Waals surface area contributed by atoms with Crippen LogP contribution in [0.15, 0.2) is 36.5 Å². The summed E-state index contributed by atoms with van der Waals surface area (Å²) >= 11 is 0. The van der Waals surface area contributed by atoms with Gasteiger partial charge < -0.3 is 20.3 Å². The Balaban J connectivity index is 4.65. The number of carbonyl (C=O) groups is 2. The van der Waals surface area contributed by atoms with Crippen LogP contribution in [0.1, 0.15) is 258 Å². The molecule has 0 saturated heterocycles. The number of rotatable bonds is 45. The number of hydrogen-bond donors (Lipinski definition) is 3. The third kappa shape index (κ3) is 40.8. The van der Waals surface area contributed by atoms with E-state index in [-0.39, 0.29) is 24.9 Å². The molecule has 0 aromatic carbocycles. The molecule has 0 fully saturated rings. The number of allylic oxidation sites excluding steroid dienone is 6. The lowest BCUT2D eigenvalue weighted by Gasteiger charge is -2.24. The first kappa shape index (κ1) is 56.1. The molecule has 0 bridgehead atoms. The van der Waals surface area contributed by atoms with E-state index >= 15 is 0 Å². The highest BCUT2D eigenvalue weighted by Crippen LogP contribution is 2.17. The van der Waals surface area contributed by atoms with Crippen LogP contribution in [0.2, 0.25) is 0 Å². The number of aliphatic hydroxyl groups is 2. The largest absolute Gasteiger partial charge is 0.462 e. The topological polar surface area (TPSA) is 95.9 Å². The van der Waals surface area contributed by atoms with Gasteiger partial charge in [-0.25, -0.2) is 0 Å². The Morgan fingerprint density at radius 3 is 1.34 bits per heavy atom. The fourth-order valence-corrected chi connectivity index (χ4v) is 7.61. The van der Waals surface area contributed by atoms with Crippen LogP contribution < -0.4 is 5.32 Å². The molecule has 3 unspecified atom stereocenters. The number of carbonyl (C=O) groups excluding carboxylic acids is 2. The zero-order valence-corrected chi connectivity index (χ0v) is 38.7. The third-order valence-corrected chi connectivity index (χ3v) is 11.5. The van der Waals surface area contributed by atoms with Gasteiger partial charge in [0, 0.05) is 6.42 Å². The van der Waals surface area contributed by atoms with Crippen molar-refractivity contribution in [3.8, 4) is 0 Å². The molecule has 58 heavy (non-hydrogen) atoms. The Labute approximate surface area is 360 Å². The molecule has 3 N–H and O–H groups in total. The quantitative estimate of drug-likeness (QED) is 0.0323. The van der Waals surface area contributed by atoms with Crippen LogP contribution in [0.25, 0.3) is 0 Å². The molecule has 6 heteroatoms. The molecule has 0 rings (SSSR count). The van der Waals surface area contributed by atoms with E-state index in [0.717, 1.165) is 70.6 Å². The second kappa shape index (κ2) is 46.2. The maximum Gasteiger partial charge on any atom is 0.306 e. The maximum atomic E-state index is 13.2. The van der Waals surface area contributed by atoms with Crippen LogP contribution in [-0.4, -0.2) is 46.9 Å². The smallest absolute Gasteiger partial charge is 0.306 e. The Morgan fingerprint density at radius 1 is 0.500 bits per heavy atom. The number of nitrogens with one attached hydrogen (secondary N) is 1. The molecule has 0 heterocycles. The van der Waals surface area contributed by atoms with Crippen LogP contribution in [0.5, 0.6) is 0 Å². The summed E-state index contributed by atoms with van der Waals surface area (Å²) < 4.78 is 5.91. The van der Waals surface area contributed by atoms with Gasteiger partial charge in [-0.05, 0) is 64.2 Å². The molecule has 0 radical (unpaired) electrons. The van der Waals surface area contributed by atoms with Gasteiger partial charge in [-0.3, -0.25) is 9.59 Å². The zero-order chi connectivity index (χ0) is 42.4. The minimum absolute atomic E-state index is 0.0553. The summed E-state index contributed by atoms with van der Waals surface area (Å²) in [5, 5.41) is 23.7. The summed E-state index contributed by atoms with van der Waals surface area (Å²) in [6.07, 6.45) is 53.4. The van der Waals surface area contributed by atoms with Gasteiger partial charge in [0.2, 0.25) is 5.91 Å². The van der Waals surface area contributed by atoms with Gasteiger partial charge in [-0.2, -0.15) is 0 Å². The van der Waals surface area contributed by atoms with Gasteiger partial charge in [0.25, 0.3) is 0 Å². The normalized spacial score (nSPS) is 13.5. The van der Waals surface area contributed by atoms with Crippen molar-refractivity contribution in [2.24, 2.45) is 0 Å². The minimum Gasteiger partial charge on any atom is -0.462 e. The van der Waals surface area contributed by atoms with Crippen molar-refractivity contribution in [1.82, 2.24) is 5.32 Å². The van der Waals surface area contributed by atoms with Gasteiger partial charge in [0.15, 0.2) is 0 Å². The summed E-state index contributed by atoms with van der Waals surface area (Å²) in [7, 11) is 0. The summed E-state index contributed by atoms with van der Waals surface area (Å²) in [6, 6.07) is -0.709. The molecule has 0 spiro atoms. The van der Waals surface area contributed by atoms with Crippen molar-refractivity contribution in [1.29, 1.82) is 0 Å². The summed E-state index contributed by atoms with van der Waals surface area (Å²) in [5.74, 6) is -0.503. The van der Waals surface area contributed by atoms with Gasteiger partial charge in [-0.1, -0.05) is 218 Å². The number of unbranched alkanes of at least 4 members (excludes halogenated alkanes) is 27. The van der Waals surface area contributed by atoms with E-state index in [1.165, 1.54) is 141 Å². The van der Waals surface area contributed by atoms with Crippen LogP contribution in [0.4, 0.5) is 0 Å². The molecule has 1 amide bonds. The summed E-state index contributed by atoms with van der Waals surface area (Å²) in [4.78, 5) is 26.1. The first-order valence-corrected chi connectivity index (χ1v) is 25.2. The second-order valence-corrected chi connectivity index (χ2v) is 17.2. The highest BCUT2D eigenvalue weighted by Gasteiger charge is 2.24. The summed E-state index contributed by atoms with van der Waals surface area (Å²) in [6.45, 7) is 6.44. The predicted octanol–water partition coefficient (Wildman–Crippen LogP) is 14.9. The molecule has 0 aromatic rings. The lowest BCUT2D eigenvalue weighted by Crippen LogP contribution is -2.46. The fraction of sp³-hybridized carbons (Fsp3) is 0.846. The van der Waals surface area contributed by atoms with Crippen LogP contribution in [-0.2, 0) is 14.3 Å². The van der Waals surface area contributed by atoms with E-state index in [2.05, 4.69) is 62.5 Å². The third-order valence-electron chi connectivity index (χ3n) is 11.5. The van der Waals surface area contributed by atoms with E-state index < -0.39 is 18.2 Å². The predicted molar refractivity (Wildman–Crippen MR) is 250 cm³/mol. The molecule has 0 aliphatic carbocycles. The van der Waals surface area contributed by atoms with E-state index in [9.17, 15) is 19.8 Å². The summed E-state index contributed by atoms with van der Waals surface area (Å²) in [5.41, 5.74) is 0. The van der Waals surface area contributed by atoms with Crippen LogP contribution in [0.3, 0.4) is 0 Å². The number of ether oxygens (including phenoxy) is 1. The minimum atomic E-state index is -0.794. The lowest BCUT2D eigenvalue weighted by atomic mass is 10.0. The molecular weight excluding hydrogens is 719 g/mol. The lowest BCUT2D eigenvalue weighted by molar-refractivity contribution is -0.151. The van der Waals surface area contributed by atoms with Crippen molar-refractivity contribution in [3.63, 3.8) is 0 Å². The Kier molecular flexibility index (Phi) is 44.6. The Bertz CT molecular complexity index is 961. The van der Waals surface area contributed by atoms with Crippen molar-refractivity contribution < 1.29 is 24.5 Å². The van der Waals surface area contributed by atoms with Crippen molar-refractivity contribution in [2.45, 2.75) is 277 Å². The Hall–Kier alpha value is -1.92. The molecule has 340 valence electrons. The molecule has 0 aliphatic rings. The molecule has 0 saturated carbocycles. The van der Waals surface area contributed by atoms with Crippen LogP contribution in [0, 0.1) is 0 Å². The van der Waals surface area contributed by atoms with Gasteiger partial charge in [0.1, 0.15) is 6.10 Å². The molecular formula is C52H97NO5. The van der Waals surface area contributed by atoms with Crippen molar-refractivity contribution in [3.05, 3.63) is 36.5 Å². The monoisotopic (exact) mass is 816 g/mol. The standard InChI is InChI=1S/C52H97NO5/c1-4-7-10-13-16-19-22-24-25-27-29-31-34-37-40-43-48(58-52(57)45-42-39-36-33-30-26-23-20-17-14-11-8-5-2)46-51(56)53-49(47-54)50(55)44-41-38-35-32-28-21-18-15-12-9-6-3/h16,19,24-25,29,31,48-50,54-55H,4-15,17-18,20-23,26-28,30,32-47H2,1-3H3,(H,53,56)/b19-16-,25-24-,31-29-. The average Bonchev–Trinajstić information content (AvgIpc) is 3.22. The van der Waals surface area contributed by atoms with Gasteiger partial charge in [-0.15, -0.1) is 0 Å². The average molecular weight is 816 g/mol. The second-order valence-electron chi connectivity index (χ2n) is 17.2. The first-order valence-electron chi connectivity index (χ1n) is 25.2. The number of aliphatic hydroxyl groups excluding tert-OH is 2. The SMILES string of the molecule is CCCCC/C=C\C/C=C\C/C=C\CCCCC(CC(=O)NC(CO)C(O)CCCCCCCCCCCCC)OC(=O)CCCCCCCCCCCCCCC. The molecule has 3 atom stereocenters. The fourth-order valence-electron chi connectivity index (χ4n) is 7.61. The molecule has 0 aliphatic heterocycles. The van der Waals surface area contributed by atoms with Crippen LogP contribution >= 0.6 is 0 Å².